The molecule has 20 heavy (non-hydrogen) atoms. The molecule has 110 valence electrons. The third-order valence-corrected chi connectivity index (χ3v) is 5.09. The van der Waals surface area contributed by atoms with E-state index in [2.05, 4.69) is 21.1 Å². The number of imidazole rings is 1. The van der Waals surface area contributed by atoms with Crippen LogP contribution in [0.5, 0.6) is 0 Å². The van der Waals surface area contributed by atoms with Crippen molar-refractivity contribution in [3.8, 4) is 0 Å². The zero-order valence-electron chi connectivity index (χ0n) is 11.9. The molecule has 1 aromatic heterocycles. The maximum absolute atomic E-state index is 11.9. The number of amides is 1. The fourth-order valence-corrected chi connectivity index (χ4v) is 3.79. The highest BCUT2D eigenvalue weighted by Crippen LogP contribution is 2.37. The van der Waals surface area contributed by atoms with Crippen LogP contribution in [-0.2, 0) is 4.79 Å². The number of nitrogens with one attached hydrogen (secondary N) is 1. The van der Waals surface area contributed by atoms with Crippen molar-refractivity contribution in [3.05, 3.63) is 12.4 Å². The predicted molar refractivity (Wildman–Crippen MR) is 80.9 cm³/mol. The Morgan fingerprint density at radius 1 is 1.30 bits per heavy atom. The molecule has 1 N–H and O–H groups in total. The second kappa shape index (κ2) is 6.66. The SMILES string of the molecule is O=C(CCSc1nccn1C1CC1)NC1CCCCC1. The van der Waals surface area contributed by atoms with Crippen molar-refractivity contribution in [2.75, 3.05) is 5.75 Å². The Labute approximate surface area is 124 Å². The lowest BCUT2D eigenvalue weighted by molar-refractivity contribution is -0.121. The molecule has 0 aromatic carbocycles. The molecule has 1 aromatic rings. The van der Waals surface area contributed by atoms with Gasteiger partial charge < -0.3 is 9.88 Å². The molecule has 2 fully saturated rings. The maximum Gasteiger partial charge on any atom is 0.221 e. The van der Waals surface area contributed by atoms with Crippen LogP contribution in [0.15, 0.2) is 17.6 Å². The van der Waals surface area contributed by atoms with Gasteiger partial charge in [-0.1, -0.05) is 31.0 Å². The highest BCUT2D eigenvalue weighted by Gasteiger charge is 2.25. The molecule has 1 heterocycles. The molecule has 0 unspecified atom stereocenters. The molecule has 0 atom stereocenters. The number of hydrogen-bond donors (Lipinski definition) is 1. The van der Waals surface area contributed by atoms with Gasteiger partial charge in [0.15, 0.2) is 5.16 Å². The molecule has 2 aliphatic rings. The molecule has 4 nitrogen and oxygen atoms in total. The first-order valence-electron chi connectivity index (χ1n) is 7.78. The van der Waals surface area contributed by atoms with Gasteiger partial charge in [-0.2, -0.15) is 0 Å². The molecule has 0 saturated heterocycles. The van der Waals surface area contributed by atoms with Crippen molar-refractivity contribution in [2.24, 2.45) is 0 Å². The maximum atomic E-state index is 11.9. The van der Waals surface area contributed by atoms with E-state index in [-0.39, 0.29) is 5.91 Å². The second-order valence-electron chi connectivity index (χ2n) is 5.85. The molecule has 2 saturated carbocycles. The predicted octanol–water partition coefficient (Wildman–Crippen LogP) is 3.15. The van der Waals surface area contributed by atoms with Crippen LogP contribution in [0.25, 0.3) is 0 Å². The van der Waals surface area contributed by atoms with Gasteiger partial charge in [-0.3, -0.25) is 4.79 Å². The van der Waals surface area contributed by atoms with Crippen LogP contribution in [0, 0.1) is 0 Å². The third-order valence-electron chi connectivity index (χ3n) is 4.10. The Morgan fingerprint density at radius 3 is 2.85 bits per heavy atom. The van der Waals surface area contributed by atoms with E-state index in [1.54, 1.807) is 11.8 Å². The molecule has 0 spiro atoms. The Hall–Kier alpha value is -0.970. The minimum Gasteiger partial charge on any atom is -0.353 e. The zero-order chi connectivity index (χ0) is 13.8. The van der Waals surface area contributed by atoms with Gasteiger partial charge in [0.1, 0.15) is 0 Å². The molecule has 0 aliphatic heterocycles. The van der Waals surface area contributed by atoms with E-state index in [9.17, 15) is 4.79 Å². The highest BCUT2D eigenvalue weighted by atomic mass is 32.2. The van der Waals surface area contributed by atoms with Crippen LogP contribution < -0.4 is 5.32 Å². The van der Waals surface area contributed by atoms with Gasteiger partial charge in [0.05, 0.1) is 0 Å². The molecule has 1 amide bonds. The van der Waals surface area contributed by atoms with Gasteiger partial charge in [-0.15, -0.1) is 0 Å². The summed E-state index contributed by atoms with van der Waals surface area (Å²) in [5.41, 5.74) is 0. The molecule has 3 rings (SSSR count). The number of hydrogen-bond acceptors (Lipinski definition) is 3. The molecule has 0 radical (unpaired) electrons. The molecule has 0 bridgehead atoms. The third kappa shape index (κ3) is 3.78. The quantitative estimate of drug-likeness (QED) is 0.820. The van der Waals surface area contributed by atoms with Crippen LogP contribution in [0.1, 0.15) is 57.4 Å². The zero-order valence-corrected chi connectivity index (χ0v) is 12.7. The summed E-state index contributed by atoms with van der Waals surface area (Å²) < 4.78 is 2.25. The van der Waals surface area contributed by atoms with Crippen molar-refractivity contribution in [1.29, 1.82) is 0 Å². The molecular weight excluding hydrogens is 270 g/mol. The summed E-state index contributed by atoms with van der Waals surface area (Å²) in [6.45, 7) is 0. The summed E-state index contributed by atoms with van der Waals surface area (Å²) in [6, 6.07) is 1.09. The van der Waals surface area contributed by atoms with Gasteiger partial charge in [0.2, 0.25) is 5.91 Å². The smallest absolute Gasteiger partial charge is 0.221 e. The van der Waals surface area contributed by atoms with Gasteiger partial charge in [0.25, 0.3) is 0 Å². The average Bonchev–Trinajstić information content (AvgIpc) is 3.20. The standard InChI is InChI=1S/C15H23N3OS/c19-14(17-12-4-2-1-3-5-12)8-11-20-15-16-9-10-18(15)13-6-7-13/h9-10,12-13H,1-8,11H2,(H,17,19). The lowest BCUT2D eigenvalue weighted by atomic mass is 9.95. The van der Waals surface area contributed by atoms with E-state index in [0.717, 1.165) is 23.8 Å². The second-order valence-corrected chi connectivity index (χ2v) is 6.91. The topological polar surface area (TPSA) is 46.9 Å². The largest absolute Gasteiger partial charge is 0.353 e. The Kier molecular flexibility index (Phi) is 4.65. The Morgan fingerprint density at radius 2 is 2.10 bits per heavy atom. The number of carbonyl (C=O) groups is 1. The molecule has 2 aliphatic carbocycles. The summed E-state index contributed by atoms with van der Waals surface area (Å²) in [4.78, 5) is 16.3. The van der Waals surface area contributed by atoms with Gasteiger partial charge >= 0.3 is 0 Å². The summed E-state index contributed by atoms with van der Waals surface area (Å²) >= 11 is 1.70. The molecular formula is C15H23N3OS. The van der Waals surface area contributed by atoms with E-state index >= 15 is 0 Å². The van der Waals surface area contributed by atoms with Crippen LogP contribution in [0.4, 0.5) is 0 Å². The van der Waals surface area contributed by atoms with Gasteiger partial charge in [-0.05, 0) is 25.7 Å². The first kappa shape index (κ1) is 14.0. The normalized spacial score (nSPS) is 20.0. The Balaban J connectivity index is 1.38. The lowest BCUT2D eigenvalue weighted by Crippen LogP contribution is -2.36. The molecule has 5 heteroatoms. The number of carbonyl (C=O) groups excluding carboxylic acids is 1. The number of nitrogens with zero attached hydrogens (tertiary/aromatic N) is 2. The van der Waals surface area contributed by atoms with Crippen molar-refractivity contribution >= 4 is 17.7 Å². The minimum absolute atomic E-state index is 0.203. The van der Waals surface area contributed by atoms with Crippen LogP contribution in [0.2, 0.25) is 0 Å². The van der Waals surface area contributed by atoms with Gasteiger partial charge in [-0.25, -0.2) is 4.98 Å². The number of aromatic nitrogens is 2. The highest BCUT2D eigenvalue weighted by molar-refractivity contribution is 7.99. The van der Waals surface area contributed by atoms with E-state index in [1.165, 1.54) is 32.1 Å². The van der Waals surface area contributed by atoms with E-state index in [0.29, 0.717) is 18.5 Å². The summed E-state index contributed by atoms with van der Waals surface area (Å²) in [5, 5.41) is 4.24. The van der Waals surface area contributed by atoms with Crippen molar-refractivity contribution in [3.63, 3.8) is 0 Å². The number of rotatable bonds is 6. The summed E-state index contributed by atoms with van der Waals surface area (Å²) in [5.74, 6) is 1.02. The first-order chi connectivity index (χ1) is 9.83. The van der Waals surface area contributed by atoms with Crippen molar-refractivity contribution in [1.82, 2.24) is 14.9 Å². The minimum atomic E-state index is 0.203. The van der Waals surface area contributed by atoms with E-state index in [4.69, 9.17) is 0 Å². The average molecular weight is 293 g/mol. The lowest BCUT2D eigenvalue weighted by Gasteiger charge is -2.22. The summed E-state index contributed by atoms with van der Waals surface area (Å²) in [6.07, 6.45) is 13.2. The fourth-order valence-electron chi connectivity index (χ4n) is 2.82. The first-order valence-corrected chi connectivity index (χ1v) is 8.76. The van der Waals surface area contributed by atoms with E-state index in [1.807, 2.05) is 6.20 Å². The number of thioether (sulfide) groups is 1. The summed E-state index contributed by atoms with van der Waals surface area (Å²) in [7, 11) is 0. The van der Waals surface area contributed by atoms with Crippen LogP contribution >= 0.6 is 11.8 Å². The van der Waals surface area contributed by atoms with Crippen molar-refractivity contribution < 1.29 is 4.79 Å². The van der Waals surface area contributed by atoms with Gasteiger partial charge in [0, 0.05) is 36.7 Å². The van der Waals surface area contributed by atoms with E-state index < -0.39 is 0 Å². The fraction of sp³-hybridized carbons (Fsp3) is 0.733. The monoisotopic (exact) mass is 293 g/mol. The van der Waals surface area contributed by atoms with Crippen molar-refractivity contribution in [2.45, 2.75) is 68.6 Å². The van der Waals surface area contributed by atoms with Crippen LogP contribution in [0.3, 0.4) is 0 Å². The Bertz CT molecular complexity index is 450. The van der Waals surface area contributed by atoms with Crippen LogP contribution in [-0.4, -0.2) is 27.3 Å².